The summed E-state index contributed by atoms with van der Waals surface area (Å²) in [5.41, 5.74) is 1.40. The summed E-state index contributed by atoms with van der Waals surface area (Å²) in [6, 6.07) is 16.4. The van der Waals surface area contributed by atoms with Crippen LogP contribution >= 0.6 is 11.5 Å². The first-order chi connectivity index (χ1) is 13.7. The molecule has 1 saturated heterocycles. The van der Waals surface area contributed by atoms with Gasteiger partial charge < -0.3 is 10.2 Å². The molecule has 0 spiro atoms. The molecule has 1 N–H and O–H groups in total. The van der Waals surface area contributed by atoms with Crippen molar-refractivity contribution >= 4 is 28.3 Å². The van der Waals surface area contributed by atoms with E-state index in [1.165, 1.54) is 23.2 Å². The summed E-state index contributed by atoms with van der Waals surface area (Å²) < 4.78 is 18.3. The molecule has 1 aliphatic heterocycles. The zero-order chi connectivity index (χ0) is 19.3. The van der Waals surface area contributed by atoms with Crippen LogP contribution in [0.5, 0.6) is 0 Å². The molecule has 0 bridgehead atoms. The fourth-order valence-corrected chi connectivity index (χ4v) is 4.11. The summed E-state index contributed by atoms with van der Waals surface area (Å²) in [6.45, 7) is 1.42. The van der Waals surface area contributed by atoms with Crippen LogP contribution in [0.3, 0.4) is 0 Å². The van der Waals surface area contributed by atoms with Crippen LogP contribution in [0.2, 0.25) is 0 Å². The maximum absolute atomic E-state index is 13.8. The number of amides is 1. The van der Waals surface area contributed by atoms with E-state index < -0.39 is 5.82 Å². The zero-order valence-corrected chi connectivity index (χ0v) is 16.2. The minimum atomic E-state index is -0.418. The van der Waals surface area contributed by atoms with E-state index in [0.717, 1.165) is 30.3 Å². The summed E-state index contributed by atoms with van der Waals surface area (Å²) in [5, 5.41) is 3.56. The second kappa shape index (κ2) is 8.48. The SMILES string of the molecule is O=C(Nc1ccccc1F)[C@@H]1CCCN(c2nc(Cc3ccccc3)ns2)C1. The number of nitrogens with one attached hydrogen (secondary N) is 1. The molecule has 1 aromatic heterocycles. The summed E-state index contributed by atoms with van der Waals surface area (Å²) >= 11 is 1.37. The van der Waals surface area contributed by atoms with Crippen LogP contribution in [-0.2, 0) is 11.2 Å². The minimum absolute atomic E-state index is 0.149. The number of carbonyl (C=O) groups excluding carboxylic acids is 1. The van der Waals surface area contributed by atoms with Gasteiger partial charge in [0.25, 0.3) is 0 Å². The number of anilines is 2. The lowest BCUT2D eigenvalue weighted by Gasteiger charge is -2.31. The predicted octanol–water partition coefficient (Wildman–Crippen LogP) is 4.12. The van der Waals surface area contributed by atoms with Crippen molar-refractivity contribution in [3.05, 3.63) is 71.8 Å². The molecule has 1 fully saturated rings. The molecule has 7 heteroatoms. The highest BCUT2D eigenvalue weighted by molar-refractivity contribution is 7.09. The third-order valence-electron chi connectivity index (χ3n) is 4.86. The van der Waals surface area contributed by atoms with Crippen LogP contribution < -0.4 is 10.2 Å². The fourth-order valence-electron chi connectivity index (χ4n) is 3.39. The van der Waals surface area contributed by atoms with Crippen LogP contribution in [0, 0.1) is 11.7 Å². The van der Waals surface area contributed by atoms with E-state index >= 15 is 0 Å². The molecule has 0 unspecified atom stereocenters. The van der Waals surface area contributed by atoms with Crippen molar-refractivity contribution in [3.8, 4) is 0 Å². The number of para-hydroxylation sites is 1. The third kappa shape index (κ3) is 4.36. The van der Waals surface area contributed by atoms with E-state index in [-0.39, 0.29) is 17.5 Å². The molecule has 0 radical (unpaired) electrons. The number of aromatic nitrogens is 2. The van der Waals surface area contributed by atoms with Crippen molar-refractivity contribution in [3.63, 3.8) is 0 Å². The van der Waals surface area contributed by atoms with Crippen molar-refractivity contribution in [1.82, 2.24) is 9.36 Å². The molecule has 1 amide bonds. The second-order valence-electron chi connectivity index (χ2n) is 6.91. The standard InChI is InChI=1S/C21H21FN4OS/c22-17-10-4-5-11-18(17)23-20(27)16-9-6-12-26(14-16)21-24-19(25-28-21)13-15-7-2-1-3-8-15/h1-5,7-8,10-11,16H,6,9,12-14H2,(H,23,27)/t16-/m1/s1. The molecule has 2 aromatic carbocycles. The van der Waals surface area contributed by atoms with Gasteiger partial charge in [0, 0.05) is 31.0 Å². The van der Waals surface area contributed by atoms with Gasteiger partial charge in [-0.2, -0.15) is 4.37 Å². The van der Waals surface area contributed by atoms with E-state index in [0.29, 0.717) is 13.0 Å². The number of nitrogens with zero attached hydrogens (tertiary/aromatic N) is 3. The van der Waals surface area contributed by atoms with E-state index in [1.807, 2.05) is 18.2 Å². The maximum atomic E-state index is 13.8. The van der Waals surface area contributed by atoms with Gasteiger partial charge in [0.15, 0.2) is 0 Å². The van der Waals surface area contributed by atoms with Gasteiger partial charge >= 0.3 is 0 Å². The van der Waals surface area contributed by atoms with Gasteiger partial charge in [0.1, 0.15) is 11.6 Å². The highest BCUT2D eigenvalue weighted by Gasteiger charge is 2.28. The Bertz CT molecular complexity index is 946. The Morgan fingerprint density at radius 3 is 2.79 bits per heavy atom. The molecule has 3 aromatic rings. The van der Waals surface area contributed by atoms with Gasteiger partial charge in [-0.3, -0.25) is 4.79 Å². The van der Waals surface area contributed by atoms with Crippen molar-refractivity contribution in [1.29, 1.82) is 0 Å². The molecule has 1 atom stereocenters. The van der Waals surface area contributed by atoms with E-state index in [2.05, 4.69) is 31.7 Å². The smallest absolute Gasteiger partial charge is 0.229 e. The molecule has 28 heavy (non-hydrogen) atoms. The minimum Gasteiger partial charge on any atom is -0.346 e. The fraction of sp³-hybridized carbons (Fsp3) is 0.286. The van der Waals surface area contributed by atoms with Gasteiger partial charge in [-0.05, 0) is 30.5 Å². The second-order valence-corrected chi connectivity index (χ2v) is 7.64. The van der Waals surface area contributed by atoms with E-state index in [9.17, 15) is 9.18 Å². The number of carbonyl (C=O) groups is 1. The summed E-state index contributed by atoms with van der Waals surface area (Å²) in [4.78, 5) is 19.4. The first-order valence-corrected chi connectivity index (χ1v) is 10.1. The zero-order valence-electron chi connectivity index (χ0n) is 15.3. The van der Waals surface area contributed by atoms with Gasteiger partial charge in [0.05, 0.1) is 11.6 Å². The monoisotopic (exact) mass is 396 g/mol. The third-order valence-corrected chi connectivity index (χ3v) is 5.67. The Balaban J connectivity index is 1.40. The van der Waals surface area contributed by atoms with Crippen molar-refractivity contribution in [2.75, 3.05) is 23.3 Å². The summed E-state index contributed by atoms with van der Waals surface area (Å²) in [7, 11) is 0. The molecule has 5 nitrogen and oxygen atoms in total. The molecule has 4 rings (SSSR count). The Hall–Kier alpha value is -2.80. The predicted molar refractivity (Wildman–Crippen MR) is 109 cm³/mol. The molecular formula is C21H21FN4OS. The van der Waals surface area contributed by atoms with Gasteiger partial charge in [-0.25, -0.2) is 9.37 Å². The first kappa shape index (κ1) is 18.6. The van der Waals surface area contributed by atoms with Crippen molar-refractivity contribution < 1.29 is 9.18 Å². The van der Waals surface area contributed by atoms with Crippen LogP contribution in [0.15, 0.2) is 54.6 Å². The lowest BCUT2D eigenvalue weighted by Crippen LogP contribution is -2.40. The highest BCUT2D eigenvalue weighted by atomic mass is 32.1. The Morgan fingerprint density at radius 2 is 1.96 bits per heavy atom. The van der Waals surface area contributed by atoms with E-state index in [1.54, 1.807) is 18.2 Å². The van der Waals surface area contributed by atoms with Crippen LogP contribution in [-0.4, -0.2) is 28.4 Å². The van der Waals surface area contributed by atoms with Crippen LogP contribution in [0.1, 0.15) is 24.2 Å². The lowest BCUT2D eigenvalue weighted by atomic mass is 9.97. The molecular weight excluding hydrogens is 375 g/mol. The number of hydrogen-bond acceptors (Lipinski definition) is 5. The first-order valence-electron chi connectivity index (χ1n) is 9.36. The number of hydrogen-bond donors (Lipinski definition) is 1. The topological polar surface area (TPSA) is 58.1 Å². The molecule has 144 valence electrons. The highest BCUT2D eigenvalue weighted by Crippen LogP contribution is 2.26. The summed E-state index contributed by atoms with van der Waals surface area (Å²) in [6.07, 6.45) is 2.37. The maximum Gasteiger partial charge on any atom is 0.229 e. The molecule has 0 aliphatic carbocycles. The van der Waals surface area contributed by atoms with Crippen molar-refractivity contribution in [2.24, 2.45) is 5.92 Å². The lowest BCUT2D eigenvalue weighted by molar-refractivity contribution is -0.120. The Morgan fingerprint density at radius 1 is 1.18 bits per heavy atom. The quantitative estimate of drug-likeness (QED) is 0.705. The number of benzene rings is 2. The average molecular weight is 396 g/mol. The average Bonchev–Trinajstić information content (AvgIpc) is 3.19. The Kier molecular flexibility index (Phi) is 5.62. The molecule has 0 saturated carbocycles. The normalized spacial score (nSPS) is 16.8. The Labute approximate surface area is 167 Å². The number of piperidine rings is 1. The van der Waals surface area contributed by atoms with Crippen LogP contribution in [0.4, 0.5) is 15.2 Å². The number of rotatable bonds is 5. The van der Waals surface area contributed by atoms with Gasteiger partial charge in [-0.15, -0.1) is 0 Å². The van der Waals surface area contributed by atoms with Gasteiger partial charge in [-0.1, -0.05) is 42.5 Å². The van der Waals surface area contributed by atoms with Crippen LogP contribution in [0.25, 0.3) is 0 Å². The largest absolute Gasteiger partial charge is 0.346 e. The van der Waals surface area contributed by atoms with E-state index in [4.69, 9.17) is 0 Å². The van der Waals surface area contributed by atoms with Crippen molar-refractivity contribution in [2.45, 2.75) is 19.3 Å². The van der Waals surface area contributed by atoms with Gasteiger partial charge in [0.2, 0.25) is 11.0 Å². The summed E-state index contributed by atoms with van der Waals surface area (Å²) in [5.74, 6) is 0.0287. The molecule has 2 heterocycles. The molecule has 1 aliphatic rings. The number of halogens is 1.